The number of amides is 1. The first kappa shape index (κ1) is 13.6. The van der Waals surface area contributed by atoms with Gasteiger partial charge in [-0.2, -0.15) is 0 Å². The Hall–Kier alpha value is -1.87. The van der Waals surface area contributed by atoms with Crippen molar-refractivity contribution in [3.05, 3.63) is 47.1 Å². The molecule has 19 heavy (non-hydrogen) atoms. The molecule has 2 aromatic rings. The van der Waals surface area contributed by atoms with E-state index in [0.717, 1.165) is 22.9 Å². The number of carbonyl (C=O) groups is 1. The van der Waals surface area contributed by atoms with Crippen LogP contribution in [0.4, 0.5) is 0 Å². The van der Waals surface area contributed by atoms with Crippen molar-refractivity contribution in [1.29, 1.82) is 0 Å². The first-order chi connectivity index (χ1) is 9.16. The molecule has 1 aromatic heterocycles. The third-order valence-corrected chi connectivity index (χ3v) is 3.04. The second kappa shape index (κ2) is 6.34. The summed E-state index contributed by atoms with van der Waals surface area (Å²) in [4.78, 5) is 15.0. The van der Waals surface area contributed by atoms with Crippen molar-refractivity contribution in [1.82, 2.24) is 10.3 Å². The van der Waals surface area contributed by atoms with Crippen LogP contribution in [0.1, 0.15) is 18.9 Å². The number of halogens is 1. The smallest absolute Gasteiger partial charge is 0.216 e. The van der Waals surface area contributed by atoms with Gasteiger partial charge in [0, 0.05) is 25.1 Å². The molecule has 0 unspecified atom stereocenters. The second-order valence-electron chi connectivity index (χ2n) is 4.24. The molecule has 0 spiro atoms. The van der Waals surface area contributed by atoms with Crippen LogP contribution in [0.25, 0.3) is 17.0 Å². The molecular weight excluding hydrogens is 260 g/mol. The Morgan fingerprint density at radius 3 is 3.05 bits per heavy atom. The molecule has 0 saturated carbocycles. The first-order valence-electron chi connectivity index (χ1n) is 6.12. The number of aromatic nitrogens is 1. The van der Waals surface area contributed by atoms with Crippen LogP contribution in [0.15, 0.2) is 36.5 Å². The maximum absolute atomic E-state index is 10.7. The van der Waals surface area contributed by atoms with E-state index in [1.165, 1.54) is 6.92 Å². The molecule has 0 fully saturated rings. The normalized spacial score (nSPS) is 11.1. The average Bonchev–Trinajstić information content (AvgIpc) is 2.38. The topological polar surface area (TPSA) is 42.0 Å². The summed E-state index contributed by atoms with van der Waals surface area (Å²) in [5.41, 5.74) is 1.96. The van der Waals surface area contributed by atoms with E-state index in [4.69, 9.17) is 11.6 Å². The summed E-state index contributed by atoms with van der Waals surface area (Å²) < 4.78 is 0. The molecule has 1 heterocycles. The summed E-state index contributed by atoms with van der Waals surface area (Å²) in [6.45, 7) is 2.17. The van der Waals surface area contributed by atoms with Crippen LogP contribution in [0.2, 0.25) is 5.02 Å². The number of hydrogen-bond donors (Lipinski definition) is 1. The molecule has 4 heteroatoms. The fraction of sp³-hybridized carbons (Fsp3) is 0.200. The summed E-state index contributed by atoms with van der Waals surface area (Å²) in [5.74, 6) is -0.00190. The van der Waals surface area contributed by atoms with Gasteiger partial charge in [0.05, 0.1) is 10.5 Å². The summed E-state index contributed by atoms with van der Waals surface area (Å²) >= 11 is 6.09. The first-order valence-corrected chi connectivity index (χ1v) is 6.50. The predicted octanol–water partition coefficient (Wildman–Crippen LogP) is 3.43. The van der Waals surface area contributed by atoms with Crippen molar-refractivity contribution >= 4 is 34.5 Å². The number of benzene rings is 1. The molecular formula is C15H15ClN2O. The van der Waals surface area contributed by atoms with Gasteiger partial charge in [-0.25, -0.2) is 0 Å². The number of nitrogens with zero attached hydrogens (tertiary/aromatic N) is 1. The van der Waals surface area contributed by atoms with Crippen LogP contribution in [0, 0.1) is 0 Å². The highest BCUT2D eigenvalue weighted by Crippen LogP contribution is 2.22. The minimum atomic E-state index is -0.00190. The molecule has 3 nitrogen and oxygen atoms in total. The molecule has 0 aliphatic rings. The summed E-state index contributed by atoms with van der Waals surface area (Å²) in [7, 11) is 0. The van der Waals surface area contributed by atoms with Gasteiger partial charge in [-0.1, -0.05) is 35.9 Å². The minimum absolute atomic E-state index is 0.00190. The van der Waals surface area contributed by atoms with Gasteiger partial charge in [0.25, 0.3) is 0 Å². The van der Waals surface area contributed by atoms with Crippen molar-refractivity contribution in [3.63, 3.8) is 0 Å². The van der Waals surface area contributed by atoms with Crippen LogP contribution in [-0.2, 0) is 4.79 Å². The molecule has 1 amide bonds. The largest absolute Gasteiger partial charge is 0.356 e. The zero-order chi connectivity index (χ0) is 13.7. The van der Waals surface area contributed by atoms with Gasteiger partial charge in [-0.3, -0.25) is 9.78 Å². The van der Waals surface area contributed by atoms with Crippen LogP contribution in [0.5, 0.6) is 0 Å². The number of rotatable bonds is 4. The maximum Gasteiger partial charge on any atom is 0.216 e. The lowest BCUT2D eigenvalue weighted by Crippen LogP contribution is -2.20. The number of hydrogen-bond acceptors (Lipinski definition) is 2. The molecule has 2 rings (SSSR count). The van der Waals surface area contributed by atoms with Gasteiger partial charge in [-0.05, 0) is 24.1 Å². The summed E-state index contributed by atoms with van der Waals surface area (Å²) in [6.07, 6.45) is 6.56. The molecule has 98 valence electrons. The maximum atomic E-state index is 10.7. The average molecular weight is 275 g/mol. The Bertz CT molecular complexity index is 623. The highest BCUT2D eigenvalue weighted by molar-refractivity contribution is 6.35. The number of pyridine rings is 1. The second-order valence-corrected chi connectivity index (χ2v) is 4.65. The lowest BCUT2D eigenvalue weighted by molar-refractivity contribution is -0.118. The Morgan fingerprint density at radius 2 is 2.26 bits per heavy atom. The predicted molar refractivity (Wildman–Crippen MR) is 79.1 cm³/mol. The van der Waals surface area contributed by atoms with E-state index in [-0.39, 0.29) is 5.91 Å². The van der Waals surface area contributed by atoms with Crippen molar-refractivity contribution < 1.29 is 4.79 Å². The Balaban J connectivity index is 2.05. The standard InChI is InChI=1S/C15H15ClN2O/c1-11(19)17-8-3-2-4-12-5-6-13-14(16)7-9-18-15(13)10-12/h2,4-7,9-10H,3,8H2,1H3,(H,17,19). The Kier molecular flexibility index (Phi) is 4.53. The highest BCUT2D eigenvalue weighted by Gasteiger charge is 1.99. The van der Waals surface area contributed by atoms with Gasteiger partial charge in [0.2, 0.25) is 5.91 Å². The van der Waals surface area contributed by atoms with Crippen LogP contribution < -0.4 is 5.32 Å². The van der Waals surface area contributed by atoms with Crippen molar-refractivity contribution in [2.45, 2.75) is 13.3 Å². The summed E-state index contributed by atoms with van der Waals surface area (Å²) in [6, 6.07) is 7.76. The summed E-state index contributed by atoms with van der Waals surface area (Å²) in [5, 5.41) is 4.42. The zero-order valence-corrected chi connectivity index (χ0v) is 11.4. The molecule has 1 aromatic carbocycles. The van der Waals surface area contributed by atoms with E-state index in [1.54, 1.807) is 12.3 Å². The SMILES string of the molecule is CC(=O)NCCC=Cc1ccc2c(Cl)ccnc2c1. The molecule has 0 atom stereocenters. The van der Waals surface area contributed by atoms with Gasteiger partial charge in [0.15, 0.2) is 0 Å². The molecule has 0 saturated heterocycles. The third kappa shape index (κ3) is 3.80. The minimum Gasteiger partial charge on any atom is -0.356 e. The molecule has 1 N–H and O–H groups in total. The van der Waals surface area contributed by atoms with Gasteiger partial charge in [0.1, 0.15) is 0 Å². The van der Waals surface area contributed by atoms with Crippen molar-refractivity contribution in [3.8, 4) is 0 Å². The van der Waals surface area contributed by atoms with Crippen molar-refractivity contribution in [2.24, 2.45) is 0 Å². The van der Waals surface area contributed by atoms with Gasteiger partial charge >= 0.3 is 0 Å². The van der Waals surface area contributed by atoms with E-state index >= 15 is 0 Å². The third-order valence-electron chi connectivity index (χ3n) is 2.71. The monoisotopic (exact) mass is 274 g/mol. The lowest BCUT2D eigenvalue weighted by Gasteiger charge is -2.01. The fourth-order valence-corrected chi connectivity index (χ4v) is 2.00. The fourth-order valence-electron chi connectivity index (χ4n) is 1.78. The Morgan fingerprint density at radius 1 is 1.42 bits per heavy atom. The van der Waals surface area contributed by atoms with Gasteiger partial charge in [-0.15, -0.1) is 0 Å². The van der Waals surface area contributed by atoms with E-state index in [1.807, 2.05) is 30.4 Å². The van der Waals surface area contributed by atoms with E-state index in [9.17, 15) is 4.79 Å². The Labute approximate surface area is 117 Å². The zero-order valence-electron chi connectivity index (χ0n) is 10.7. The van der Waals surface area contributed by atoms with Crippen LogP contribution in [0.3, 0.4) is 0 Å². The molecule has 0 bridgehead atoms. The molecule has 0 aliphatic carbocycles. The molecule has 0 radical (unpaired) electrons. The van der Waals surface area contributed by atoms with Crippen molar-refractivity contribution in [2.75, 3.05) is 6.54 Å². The number of fused-ring (bicyclic) bond motifs is 1. The van der Waals surface area contributed by atoms with Crippen LogP contribution >= 0.6 is 11.6 Å². The lowest BCUT2D eigenvalue weighted by atomic mass is 10.1. The van der Waals surface area contributed by atoms with E-state index in [2.05, 4.69) is 10.3 Å². The van der Waals surface area contributed by atoms with E-state index in [0.29, 0.717) is 11.6 Å². The highest BCUT2D eigenvalue weighted by atomic mass is 35.5. The van der Waals surface area contributed by atoms with E-state index < -0.39 is 0 Å². The quantitative estimate of drug-likeness (QED) is 0.868. The molecule has 0 aliphatic heterocycles. The number of carbonyl (C=O) groups excluding carboxylic acids is 1. The van der Waals surface area contributed by atoms with Gasteiger partial charge < -0.3 is 5.32 Å². The van der Waals surface area contributed by atoms with Crippen LogP contribution in [-0.4, -0.2) is 17.4 Å². The number of nitrogens with one attached hydrogen (secondary N) is 1.